The number of hydrazine groups is 1. The number of hydrogen-bond donors (Lipinski definition) is 1. The minimum atomic E-state index is -1.87. The maximum Gasteiger partial charge on any atom is 0.425 e. The molecule has 1 amide bonds. The first-order chi connectivity index (χ1) is 6.29. The molecule has 0 saturated heterocycles. The van der Waals surface area contributed by atoms with Gasteiger partial charge in [-0.1, -0.05) is 53.3 Å². The van der Waals surface area contributed by atoms with Gasteiger partial charge in [-0.25, -0.2) is 15.6 Å². The molecule has 0 aliphatic carbocycles. The highest BCUT2D eigenvalue weighted by Gasteiger charge is 2.35. The Kier molecular flexibility index (Phi) is 6.25. The van der Waals surface area contributed by atoms with E-state index in [1.807, 2.05) is 6.92 Å². The Morgan fingerprint density at radius 3 is 2.43 bits per heavy atom. The number of carbonyl (C=O) groups is 1. The summed E-state index contributed by atoms with van der Waals surface area (Å²) in [5.74, 6) is 5.29. The van der Waals surface area contributed by atoms with Crippen LogP contribution < -0.4 is 5.84 Å². The van der Waals surface area contributed by atoms with Crippen LogP contribution in [0, 0.1) is 0 Å². The molecule has 1 atom stereocenters. The Bertz CT molecular complexity index is 197. The average molecular weight is 284 g/mol. The fraction of sp³-hybridized carbons (Fsp3) is 0.833. The van der Waals surface area contributed by atoms with Crippen LogP contribution in [0.15, 0.2) is 0 Å². The smallest absolute Gasteiger partial charge is 0.424 e. The van der Waals surface area contributed by atoms with Crippen molar-refractivity contribution in [3.8, 4) is 0 Å². The van der Waals surface area contributed by atoms with Crippen molar-refractivity contribution >= 4 is 52.5 Å². The predicted octanol–water partition coefficient (Wildman–Crippen LogP) is 2.64. The van der Waals surface area contributed by atoms with Crippen molar-refractivity contribution in [2.24, 2.45) is 5.84 Å². The number of halogens is 4. The van der Waals surface area contributed by atoms with E-state index in [-0.39, 0.29) is 0 Å². The zero-order valence-corrected chi connectivity index (χ0v) is 10.4. The van der Waals surface area contributed by atoms with Gasteiger partial charge in [-0.2, -0.15) is 0 Å². The quantitative estimate of drug-likeness (QED) is 0.375. The van der Waals surface area contributed by atoms with Crippen LogP contribution in [0.1, 0.15) is 13.3 Å². The molecule has 0 rings (SSSR count). The van der Waals surface area contributed by atoms with Crippen molar-refractivity contribution in [2.45, 2.75) is 22.7 Å². The van der Waals surface area contributed by atoms with Gasteiger partial charge in [-0.3, -0.25) is 0 Å². The summed E-state index contributed by atoms with van der Waals surface area (Å²) in [5.41, 5.74) is -1.37. The summed E-state index contributed by atoms with van der Waals surface area (Å²) in [6.45, 7) is 2.18. The van der Waals surface area contributed by atoms with Gasteiger partial charge in [0.05, 0.1) is 0 Å². The van der Waals surface area contributed by atoms with Crippen molar-refractivity contribution in [2.75, 3.05) is 6.54 Å². The maximum absolute atomic E-state index is 11.1. The third-order valence-corrected chi connectivity index (χ3v) is 2.51. The van der Waals surface area contributed by atoms with E-state index >= 15 is 0 Å². The molecular formula is C6H10Cl4N2O2. The second kappa shape index (κ2) is 6.08. The molecule has 0 aromatic heterocycles. The number of nitrogens with two attached hydrogens (primary N) is 1. The summed E-state index contributed by atoms with van der Waals surface area (Å²) < 4.78 is 2.69. The minimum absolute atomic E-state index is 0.336. The van der Waals surface area contributed by atoms with Crippen LogP contribution in [0.3, 0.4) is 0 Å². The number of carbonyl (C=O) groups excluding carboxylic acids is 1. The Balaban J connectivity index is 4.06. The SMILES string of the molecule is CCCN(N)C(=O)OC(Cl)C(Cl)(Cl)Cl. The highest BCUT2D eigenvalue weighted by Crippen LogP contribution is 2.34. The van der Waals surface area contributed by atoms with Crippen molar-refractivity contribution in [3.05, 3.63) is 0 Å². The molecule has 0 aromatic rings. The van der Waals surface area contributed by atoms with Gasteiger partial charge in [0.1, 0.15) is 0 Å². The van der Waals surface area contributed by atoms with E-state index in [0.717, 1.165) is 5.01 Å². The Labute approximate surface area is 102 Å². The second-order valence-electron chi connectivity index (χ2n) is 2.43. The third-order valence-electron chi connectivity index (χ3n) is 1.16. The van der Waals surface area contributed by atoms with Gasteiger partial charge in [0.25, 0.3) is 0 Å². The number of nitrogens with zero attached hydrogens (tertiary/aromatic N) is 1. The molecule has 0 aromatic carbocycles. The van der Waals surface area contributed by atoms with Gasteiger partial charge in [0, 0.05) is 6.54 Å². The Morgan fingerprint density at radius 2 is 2.07 bits per heavy atom. The Morgan fingerprint density at radius 1 is 1.57 bits per heavy atom. The van der Waals surface area contributed by atoms with E-state index in [4.69, 9.17) is 52.2 Å². The first-order valence-electron chi connectivity index (χ1n) is 3.72. The lowest BCUT2D eigenvalue weighted by Gasteiger charge is -2.21. The summed E-state index contributed by atoms with van der Waals surface area (Å²) in [6.07, 6.45) is -0.148. The lowest BCUT2D eigenvalue weighted by molar-refractivity contribution is 0.0918. The third kappa shape index (κ3) is 5.32. The molecule has 0 fully saturated rings. The fourth-order valence-electron chi connectivity index (χ4n) is 0.555. The summed E-state index contributed by atoms with van der Waals surface area (Å²) in [6, 6.07) is 0. The van der Waals surface area contributed by atoms with Gasteiger partial charge in [-0.05, 0) is 6.42 Å². The van der Waals surface area contributed by atoms with Crippen molar-refractivity contribution in [1.82, 2.24) is 5.01 Å². The molecular weight excluding hydrogens is 274 g/mol. The number of rotatable bonds is 3. The number of hydrogen-bond acceptors (Lipinski definition) is 3. The molecule has 2 N–H and O–H groups in total. The first-order valence-corrected chi connectivity index (χ1v) is 5.29. The monoisotopic (exact) mass is 282 g/mol. The zero-order valence-electron chi connectivity index (χ0n) is 7.34. The van der Waals surface area contributed by atoms with Gasteiger partial charge in [0.15, 0.2) is 0 Å². The normalized spacial score (nSPS) is 13.6. The van der Waals surface area contributed by atoms with Gasteiger partial charge >= 0.3 is 6.09 Å². The van der Waals surface area contributed by atoms with Gasteiger partial charge in [0.2, 0.25) is 9.36 Å². The number of alkyl halides is 4. The van der Waals surface area contributed by atoms with E-state index < -0.39 is 15.4 Å². The lowest BCUT2D eigenvalue weighted by atomic mass is 10.5. The van der Waals surface area contributed by atoms with Gasteiger partial charge in [-0.15, -0.1) is 0 Å². The number of amides is 1. The summed E-state index contributed by atoms with van der Waals surface area (Å²) in [4.78, 5) is 11.1. The molecule has 0 saturated carbocycles. The summed E-state index contributed by atoms with van der Waals surface area (Å²) >= 11 is 21.6. The lowest BCUT2D eigenvalue weighted by Crippen LogP contribution is -2.41. The second-order valence-corrected chi connectivity index (χ2v) is 5.20. The van der Waals surface area contributed by atoms with Crippen LogP contribution in [0.25, 0.3) is 0 Å². The van der Waals surface area contributed by atoms with Crippen molar-refractivity contribution in [3.63, 3.8) is 0 Å². The van der Waals surface area contributed by atoms with Crippen LogP contribution in [0.2, 0.25) is 0 Å². The molecule has 0 bridgehead atoms. The largest absolute Gasteiger partial charge is 0.425 e. The van der Waals surface area contributed by atoms with Crippen LogP contribution in [0.5, 0.6) is 0 Å². The molecule has 4 nitrogen and oxygen atoms in total. The molecule has 8 heteroatoms. The predicted molar refractivity (Wildman–Crippen MR) is 57.6 cm³/mol. The fourth-order valence-corrected chi connectivity index (χ4v) is 0.765. The van der Waals surface area contributed by atoms with E-state index in [1.54, 1.807) is 0 Å². The molecule has 0 radical (unpaired) electrons. The molecule has 14 heavy (non-hydrogen) atoms. The van der Waals surface area contributed by atoms with E-state index in [9.17, 15) is 4.79 Å². The maximum atomic E-state index is 11.1. The van der Waals surface area contributed by atoms with Crippen molar-refractivity contribution in [1.29, 1.82) is 0 Å². The average Bonchev–Trinajstić information content (AvgIpc) is 2.02. The van der Waals surface area contributed by atoms with Crippen LogP contribution >= 0.6 is 46.4 Å². The molecule has 84 valence electrons. The topological polar surface area (TPSA) is 55.6 Å². The Hall–Kier alpha value is 0.390. The summed E-state index contributed by atoms with van der Waals surface area (Å²) in [7, 11) is 0. The molecule has 0 aliphatic rings. The number of ether oxygens (including phenoxy) is 1. The van der Waals surface area contributed by atoms with Crippen LogP contribution in [0.4, 0.5) is 4.79 Å². The van der Waals surface area contributed by atoms with Crippen LogP contribution in [-0.2, 0) is 4.74 Å². The van der Waals surface area contributed by atoms with E-state index in [1.165, 1.54) is 0 Å². The molecule has 0 spiro atoms. The zero-order chi connectivity index (χ0) is 11.4. The van der Waals surface area contributed by atoms with Crippen LogP contribution in [-0.4, -0.2) is 27.0 Å². The highest BCUT2D eigenvalue weighted by atomic mass is 35.6. The first kappa shape index (κ1) is 14.4. The highest BCUT2D eigenvalue weighted by molar-refractivity contribution is 6.70. The minimum Gasteiger partial charge on any atom is -0.424 e. The van der Waals surface area contributed by atoms with E-state index in [0.29, 0.717) is 13.0 Å². The van der Waals surface area contributed by atoms with E-state index in [2.05, 4.69) is 4.74 Å². The molecule has 0 aliphatic heterocycles. The molecule has 0 heterocycles. The van der Waals surface area contributed by atoms with Gasteiger partial charge < -0.3 is 4.74 Å². The standard InChI is InChI=1S/C6H10Cl4N2O2/c1-2-3-12(11)5(13)14-4(7)6(8,9)10/h4H,2-3,11H2,1H3. The van der Waals surface area contributed by atoms with Crippen molar-refractivity contribution < 1.29 is 9.53 Å². The summed E-state index contributed by atoms with van der Waals surface area (Å²) in [5, 5.41) is 0.853. The molecule has 1 unspecified atom stereocenters.